The van der Waals surface area contributed by atoms with Gasteiger partial charge in [0.25, 0.3) is 0 Å². The lowest BCUT2D eigenvalue weighted by Gasteiger charge is -2.32. The zero-order chi connectivity index (χ0) is 16.1. The van der Waals surface area contributed by atoms with E-state index in [0.29, 0.717) is 25.5 Å². The lowest BCUT2D eigenvalue weighted by Crippen LogP contribution is -2.45. The van der Waals surface area contributed by atoms with Gasteiger partial charge in [0.2, 0.25) is 5.91 Å². The lowest BCUT2D eigenvalue weighted by atomic mass is 10.1. The molecule has 1 aliphatic carbocycles. The Morgan fingerprint density at radius 1 is 1.28 bits per heavy atom. The minimum atomic E-state index is -0.0235. The molecule has 1 saturated heterocycles. The smallest absolute Gasteiger partial charge is 0.222 e. The summed E-state index contributed by atoms with van der Waals surface area (Å²) in [6.45, 7) is 3.90. The quantitative estimate of drug-likeness (QED) is 0.747. The summed E-state index contributed by atoms with van der Waals surface area (Å²) in [4.78, 5) is 14.4. The number of carbonyl (C=O) groups excluding carboxylic acids is 1. The predicted molar refractivity (Wildman–Crippen MR) is 104 cm³/mol. The number of nitrogens with zero attached hydrogens (tertiary/aromatic N) is 1. The van der Waals surface area contributed by atoms with Crippen LogP contribution in [0.4, 0.5) is 0 Å². The van der Waals surface area contributed by atoms with Crippen LogP contribution in [-0.2, 0) is 16.1 Å². The first kappa shape index (κ1) is 22.2. The summed E-state index contributed by atoms with van der Waals surface area (Å²) in [5.74, 6) is 0.662. The Hall–Kier alpha value is -0.850. The molecule has 7 heteroatoms. The van der Waals surface area contributed by atoms with Crippen molar-refractivity contribution < 1.29 is 9.53 Å². The largest absolute Gasteiger partial charge is 0.375 e. The summed E-state index contributed by atoms with van der Waals surface area (Å²) >= 11 is 0. The van der Waals surface area contributed by atoms with Crippen LogP contribution >= 0.6 is 24.8 Å². The number of amides is 1. The van der Waals surface area contributed by atoms with Gasteiger partial charge >= 0.3 is 0 Å². The second-order valence-electron chi connectivity index (χ2n) is 6.72. The van der Waals surface area contributed by atoms with Crippen molar-refractivity contribution >= 4 is 30.7 Å². The average Bonchev–Trinajstić information content (AvgIpc) is 3.39. The van der Waals surface area contributed by atoms with E-state index in [1.165, 1.54) is 18.4 Å². The third-order valence-electron chi connectivity index (χ3n) is 4.65. The number of carbonyl (C=O) groups is 1. The minimum absolute atomic E-state index is 0. The highest BCUT2D eigenvalue weighted by atomic mass is 35.5. The molecule has 3 rings (SSSR count). The van der Waals surface area contributed by atoms with E-state index in [9.17, 15) is 4.79 Å². The number of halogens is 2. The van der Waals surface area contributed by atoms with Crippen molar-refractivity contribution in [2.75, 3.05) is 26.2 Å². The molecule has 2 aliphatic rings. The highest BCUT2D eigenvalue weighted by Gasteiger charge is 2.29. The van der Waals surface area contributed by atoms with E-state index in [-0.39, 0.29) is 42.9 Å². The van der Waals surface area contributed by atoms with Gasteiger partial charge in [-0.2, -0.15) is 0 Å². The molecule has 1 heterocycles. The van der Waals surface area contributed by atoms with E-state index >= 15 is 0 Å². The molecule has 25 heavy (non-hydrogen) atoms. The summed E-state index contributed by atoms with van der Waals surface area (Å²) in [6, 6.07) is 10.5. The number of morpholine rings is 1. The van der Waals surface area contributed by atoms with E-state index in [4.69, 9.17) is 10.5 Å². The summed E-state index contributed by atoms with van der Waals surface area (Å²) < 4.78 is 5.75. The fourth-order valence-corrected chi connectivity index (χ4v) is 3.09. The zero-order valence-electron chi connectivity index (χ0n) is 14.4. The van der Waals surface area contributed by atoms with Crippen LogP contribution in [0.3, 0.4) is 0 Å². The maximum absolute atomic E-state index is 12.1. The van der Waals surface area contributed by atoms with E-state index in [1.807, 2.05) is 6.07 Å². The molecule has 3 N–H and O–H groups in total. The van der Waals surface area contributed by atoms with Crippen LogP contribution in [0.2, 0.25) is 0 Å². The fourth-order valence-electron chi connectivity index (χ4n) is 3.09. The summed E-state index contributed by atoms with van der Waals surface area (Å²) in [5.41, 5.74) is 7.31. The molecule has 2 unspecified atom stereocenters. The van der Waals surface area contributed by atoms with Crippen LogP contribution in [0.25, 0.3) is 0 Å². The monoisotopic (exact) mass is 389 g/mol. The molecule has 2 fully saturated rings. The first-order valence-electron chi connectivity index (χ1n) is 8.61. The van der Waals surface area contributed by atoms with Gasteiger partial charge < -0.3 is 15.8 Å². The summed E-state index contributed by atoms with van der Waals surface area (Å²) in [5, 5.41) is 2.95. The molecule has 0 aromatic heterocycles. The van der Waals surface area contributed by atoms with Gasteiger partial charge in [0.1, 0.15) is 0 Å². The molecule has 0 radical (unpaired) electrons. The number of benzene rings is 1. The molecule has 0 spiro atoms. The van der Waals surface area contributed by atoms with Crippen LogP contribution in [0.15, 0.2) is 30.3 Å². The normalized spacial score (nSPS) is 21.6. The van der Waals surface area contributed by atoms with Gasteiger partial charge in [-0.15, -0.1) is 24.8 Å². The van der Waals surface area contributed by atoms with E-state index < -0.39 is 0 Å². The Bertz CT molecular complexity index is 514. The van der Waals surface area contributed by atoms with Crippen molar-refractivity contribution in [2.45, 2.75) is 38.0 Å². The van der Waals surface area contributed by atoms with Gasteiger partial charge in [0, 0.05) is 32.2 Å². The van der Waals surface area contributed by atoms with Crippen molar-refractivity contribution in [1.29, 1.82) is 0 Å². The summed E-state index contributed by atoms with van der Waals surface area (Å²) in [6.07, 6.45) is 2.81. The molecule has 2 atom stereocenters. The highest BCUT2D eigenvalue weighted by molar-refractivity contribution is 5.85. The first-order chi connectivity index (χ1) is 11.2. The minimum Gasteiger partial charge on any atom is -0.375 e. The van der Waals surface area contributed by atoms with Crippen molar-refractivity contribution in [3.63, 3.8) is 0 Å². The number of nitrogens with one attached hydrogen (secondary N) is 1. The number of ether oxygens (including phenoxy) is 1. The van der Waals surface area contributed by atoms with Crippen LogP contribution < -0.4 is 11.1 Å². The number of hydrogen-bond donors (Lipinski definition) is 2. The van der Waals surface area contributed by atoms with E-state index in [0.717, 1.165) is 19.6 Å². The van der Waals surface area contributed by atoms with Gasteiger partial charge in [0.15, 0.2) is 0 Å². The second kappa shape index (κ2) is 11.0. The van der Waals surface area contributed by atoms with Crippen molar-refractivity contribution in [1.82, 2.24) is 10.2 Å². The maximum atomic E-state index is 12.1. The maximum Gasteiger partial charge on any atom is 0.222 e. The van der Waals surface area contributed by atoms with Crippen molar-refractivity contribution in [3.05, 3.63) is 35.9 Å². The Morgan fingerprint density at radius 2 is 2.00 bits per heavy atom. The number of nitrogens with two attached hydrogens (primary N) is 1. The third kappa shape index (κ3) is 7.50. The lowest BCUT2D eigenvalue weighted by molar-refractivity contribution is -0.126. The molecule has 5 nitrogen and oxygen atoms in total. The van der Waals surface area contributed by atoms with Gasteiger partial charge in [-0.3, -0.25) is 9.69 Å². The third-order valence-corrected chi connectivity index (χ3v) is 4.65. The standard InChI is InChI=1S/C18H27N3O2.2ClH/c19-17(15-6-7-15)11-20-18(22)10-16-13-21(8-9-23-16)12-14-4-2-1-3-5-14;;/h1-5,15-17H,6-13,19H2,(H,20,22);2*1H. The van der Waals surface area contributed by atoms with Gasteiger partial charge in [-0.25, -0.2) is 0 Å². The summed E-state index contributed by atoms with van der Waals surface area (Å²) in [7, 11) is 0. The zero-order valence-corrected chi connectivity index (χ0v) is 16.1. The van der Waals surface area contributed by atoms with Crippen molar-refractivity contribution in [3.8, 4) is 0 Å². The molecular weight excluding hydrogens is 361 g/mol. The first-order valence-corrected chi connectivity index (χ1v) is 8.61. The highest BCUT2D eigenvalue weighted by Crippen LogP contribution is 2.31. The predicted octanol–water partition coefficient (Wildman–Crippen LogP) is 1.97. The second-order valence-corrected chi connectivity index (χ2v) is 6.72. The Morgan fingerprint density at radius 3 is 2.68 bits per heavy atom. The van der Waals surface area contributed by atoms with Gasteiger partial charge in [-0.05, 0) is 24.3 Å². The Balaban J connectivity index is 0.00000156. The fraction of sp³-hybridized carbons (Fsp3) is 0.611. The number of rotatable bonds is 7. The molecule has 1 aromatic rings. The topological polar surface area (TPSA) is 67.6 Å². The molecular formula is C18H29Cl2N3O2. The van der Waals surface area contributed by atoms with E-state index in [2.05, 4.69) is 34.5 Å². The van der Waals surface area contributed by atoms with Crippen LogP contribution in [-0.4, -0.2) is 49.2 Å². The number of hydrogen-bond acceptors (Lipinski definition) is 4. The average molecular weight is 390 g/mol. The van der Waals surface area contributed by atoms with Gasteiger partial charge in [-0.1, -0.05) is 30.3 Å². The van der Waals surface area contributed by atoms with Crippen molar-refractivity contribution in [2.24, 2.45) is 11.7 Å². The molecule has 1 amide bonds. The van der Waals surface area contributed by atoms with Gasteiger partial charge in [0.05, 0.1) is 19.1 Å². The molecule has 1 saturated carbocycles. The van der Waals surface area contributed by atoms with Crippen LogP contribution in [0.1, 0.15) is 24.8 Å². The molecule has 1 aromatic carbocycles. The molecule has 0 bridgehead atoms. The SMILES string of the molecule is Cl.Cl.NC(CNC(=O)CC1CN(Cc2ccccc2)CCO1)C1CC1. The molecule has 1 aliphatic heterocycles. The van der Waals surface area contributed by atoms with Crippen LogP contribution in [0, 0.1) is 5.92 Å². The molecule has 142 valence electrons. The Labute approximate surface area is 162 Å². The van der Waals surface area contributed by atoms with Crippen LogP contribution in [0.5, 0.6) is 0 Å². The Kier molecular flexibility index (Phi) is 9.75. The van der Waals surface area contributed by atoms with E-state index in [1.54, 1.807) is 0 Å².